The minimum Gasteiger partial charge on any atom is -0.447 e. The second-order valence-electron chi connectivity index (χ2n) is 5.83. The zero-order chi connectivity index (χ0) is 19.7. The summed E-state index contributed by atoms with van der Waals surface area (Å²) < 4.78 is 50.5. The number of rotatable bonds is 4. The van der Waals surface area contributed by atoms with Crippen molar-refractivity contribution in [3.8, 4) is 0 Å². The Kier molecular flexibility index (Phi) is 4.89. The van der Waals surface area contributed by atoms with Gasteiger partial charge >= 0.3 is 5.97 Å². The Labute approximate surface area is 151 Å². The molecule has 0 aliphatic carbocycles. The van der Waals surface area contributed by atoms with Crippen LogP contribution in [-0.4, -0.2) is 18.0 Å². The first-order valence-electron chi connectivity index (χ1n) is 7.92. The number of halogens is 3. The highest BCUT2D eigenvalue weighted by atomic mass is 19.1. The summed E-state index contributed by atoms with van der Waals surface area (Å²) in [5.41, 5.74) is 0.0189. The molecule has 1 atom stereocenters. The molecule has 2 aromatic carbocycles. The zero-order valence-corrected chi connectivity index (χ0v) is 14.3. The van der Waals surface area contributed by atoms with E-state index >= 15 is 0 Å². The molecule has 0 bridgehead atoms. The van der Waals surface area contributed by atoms with Crippen LogP contribution in [0.1, 0.15) is 23.0 Å². The van der Waals surface area contributed by atoms with Gasteiger partial charge in [0.05, 0.1) is 5.69 Å². The normalized spacial score (nSPS) is 12.0. The van der Waals surface area contributed by atoms with Gasteiger partial charge in [-0.1, -0.05) is 12.1 Å². The topological polar surface area (TPSA) is 68.5 Å². The smallest absolute Gasteiger partial charge is 0.375 e. The van der Waals surface area contributed by atoms with Crippen LogP contribution < -0.4 is 5.32 Å². The molecule has 1 aromatic heterocycles. The SMILES string of the molecule is Cc1c(C(=O)O[C@H](C)C(=O)Nc2ccc(F)cc2F)oc2c(F)cccc12. The molecule has 140 valence electrons. The van der Waals surface area contributed by atoms with Gasteiger partial charge < -0.3 is 14.5 Å². The van der Waals surface area contributed by atoms with Crippen LogP contribution in [-0.2, 0) is 9.53 Å². The molecule has 0 saturated carbocycles. The Balaban J connectivity index is 1.74. The number of benzene rings is 2. The van der Waals surface area contributed by atoms with E-state index in [2.05, 4.69) is 5.32 Å². The molecule has 3 rings (SSSR count). The van der Waals surface area contributed by atoms with Crippen molar-refractivity contribution < 1.29 is 31.9 Å². The second-order valence-corrected chi connectivity index (χ2v) is 5.83. The number of para-hydroxylation sites is 1. The third kappa shape index (κ3) is 3.64. The van der Waals surface area contributed by atoms with Crippen LogP contribution in [0.4, 0.5) is 18.9 Å². The molecule has 8 heteroatoms. The number of hydrogen-bond donors (Lipinski definition) is 1. The van der Waals surface area contributed by atoms with Crippen molar-refractivity contribution in [1.82, 2.24) is 0 Å². The summed E-state index contributed by atoms with van der Waals surface area (Å²) >= 11 is 0. The lowest BCUT2D eigenvalue weighted by Gasteiger charge is -2.13. The number of furan rings is 1. The maximum atomic E-state index is 13.8. The van der Waals surface area contributed by atoms with Crippen molar-refractivity contribution in [2.45, 2.75) is 20.0 Å². The van der Waals surface area contributed by atoms with Gasteiger partial charge in [-0.15, -0.1) is 0 Å². The molecule has 0 saturated heterocycles. The van der Waals surface area contributed by atoms with Gasteiger partial charge in [-0.25, -0.2) is 18.0 Å². The molecule has 3 aromatic rings. The van der Waals surface area contributed by atoms with Crippen molar-refractivity contribution in [2.75, 3.05) is 5.32 Å². The average molecular weight is 377 g/mol. The van der Waals surface area contributed by atoms with Gasteiger partial charge in [0.2, 0.25) is 5.76 Å². The Bertz CT molecular complexity index is 1040. The maximum absolute atomic E-state index is 13.8. The van der Waals surface area contributed by atoms with Crippen LogP contribution in [0, 0.1) is 24.4 Å². The number of nitrogens with one attached hydrogen (secondary N) is 1. The number of fused-ring (bicyclic) bond motifs is 1. The number of carbonyl (C=O) groups is 2. The Morgan fingerprint density at radius 2 is 1.85 bits per heavy atom. The van der Waals surface area contributed by atoms with Crippen LogP contribution in [0.15, 0.2) is 40.8 Å². The molecule has 0 spiro atoms. The number of aryl methyl sites for hydroxylation is 1. The third-order valence-corrected chi connectivity index (χ3v) is 3.94. The summed E-state index contributed by atoms with van der Waals surface area (Å²) in [5.74, 6) is -4.42. The molecule has 0 unspecified atom stereocenters. The minimum absolute atomic E-state index is 0.0903. The first kappa shape index (κ1) is 18.5. The lowest BCUT2D eigenvalue weighted by molar-refractivity contribution is -0.123. The largest absolute Gasteiger partial charge is 0.447 e. The van der Waals surface area contributed by atoms with Gasteiger partial charge in [0.15, 0.2) is 17.5 Å². The number of ether oxygens (including phenoxy) is 1. The van der Waals surface area contributed by atoms with Crippen LogP contribution in [0.2, 0.25) is 0 Å². The van der Waals surface area contributed by atoms with E-state index in [-0.39, 0.29) is 17.0 Å². The summed E-state index contributed by atoms with van der Waals surface area (Å²) in [6.45, 7) is 2.83. The van der Waals surface area contributed by atoms with E-state index in [1.165, 1.54) is 19.1 Å². The highest BCUT2D eigenvalue weighted by Crippen LogP contribution is 2.28. The van der Waals surface area contributed by atoms with Gasteiger partial charge in [0.1, 0.15) is 11.6 Å². The van der Waals surface area contributed by atoms with Crippen LogP contribution in [0.3, 0.4) is 0 Å². The van der Waals surface area contributed by atoms with Gasteiger partial charge in [0, 0.05) is 17.0 Å². The van der Waals surface area contributed by atoms with Crippen LogP contribution in [0.25, 0.3) is 11.0 Å². The van der Waals surface area contributed by atoms with Crippen molar-refractivity contribution in [3.63, 3.8) is 0 Å². The van der Waals surface area contributed by atoms with Crippen LogP contribution in [0.5, 0.6) is 0 Å². The van der Waals surface area contributed by atoms with E-state index in [0.717, 1.165) is 12.1 Å². The predicted molar refractivity (Wildman–Crippen MR) is 90.8 cm³/mol. The maximum Gasteiger partial charge on any atom is 0.375 e. The summed E-state index contributed by atoms with van der Waals surface area (Å²) in [5, 5.41) is 2.61. The van der Waals surface area contributed by atoms with E-state index in [4.69, 9.17) is 9.15 Å². The lowest BCUT2D eigenvalue weighted by Crippen LogP contribution is -2.30. The minimum atomic E-state index is -1.31. The third-order valence-electron chi connectivity index (χ3n) is 3.94. The molecular formula is C19H14F3NO4. The average Bonchev–Trinajstić information content (AvgIpc) is 2.96. The number of amides is 1. The number of carbonyl (C=O) groups excluding carboxylic acids is 2. The van der Waals surface area contributed by atoms with Gasteiger partial charge in [-0.3, -0.25) is 4.79 Å². The number of esters is 1. The van der Waals surface area contributed by atoms with Gasteiger partial charge in [0.25, 0.3) is 5.91 Å². The fourth-order valence-electron chi connectivity index (χ4n) is 2.50. The van der Waals surface area contributed by atoms with Crippen LogP contribution >= 0.6 is 0 Å². The molecule has 1 amide bonds. The highest BCUT2D eigenvalue weighted by Gasteiger charge is 2.25. The summed E-state index contributed by atoms with van der Waals surface area (Å²) in [6.07, 6.45) is -1.31. The fraction of sp³-hybridized carbons (Fsp3) is 0.158. The first-order valence-corrected chi connectivity index (χ1v) is 7.92. The molecule has 0 aliphatic rings. The van der Waals surface area contributed by atoms with E-state index in [1.54, 1.807) is 13.0 Å². The Morgan fingerprint density at radius 1 is 1.11 bits per heavy atom. The quantitative estimate of drug-likeness (QED) is 0.687. The molecular weight excluding hydrogens is 363 g/mol. The van der Waals surface area contributed by atoms with Gasteiger partial charge in [-0.05, 0) is 32.0 Å². The molecule has 0 fully saturated rings. The van der Waals surface area contributed by atoms with E-state index in [1.807, 2.05) is 0 Å². The summed E-state index contributed by atoms with van der Waals surface area (Å²) in [7, 11) is 0. The summed E-state index contributed by atoms with van der Waals surface area (Å²) in [4.78, 5) is 24.4. The zero-order valence-electron chi connectivity index (χ0n) is 14.3. The fourth-order valence-corrected chi connectivity index (χ4v) is 2.50. The molecule has 27 heavy (non-hydrogen) atoms. The van der Waals surface area contributed by atoms with E-state index in [9.17, 15) is 22.8 Å². The van der Waals surface area contributed by atoms with Crippen molar-refractivity contribution in [2.24, 2.45) is 0 Å². The lowest BCUT2D eigenvalue weighted by atomic mass is 10.1. The highest BCUT2D eigenvalue weighted by molar-refractivity contribution is 5.99. The Hall–Kier alpha value is -3.29. The molecule has 0 aliphatic heterocycles. The van der Waals surface area contributed by atoms with Crippen molar-refractivity contribution in [3.05, 3.63) is 65.2 Å². The van der Waals surface area contributed by atoms with Crippen molar-refractivity contribution >= 4 is 28.5 Å². The molecule has 5 nitrogen and oxygen atoms in total. The predicted octanol–water partition coefficient (Wildman–Crippen LogP) is 4.34. The number of anilines is 1. The monoisotopic (exact) mass is 377 g/mol. The van der Waals surface area contributed by atoms with Gasteiger partial charge in [-0.2, -0.15) is 0 Å². The number of hydrogen-bond acceptors (Lipinski definition) is 4. The molecule has 1 N–H and O–H groups in total. The summed E-state index contributed by atoms with van der Waals surface area (Å²) in [6, 6.07) is 6.88. The van der Waals surface area contributed by atoms with Crippen molar-refractivity contribution in [1.29, 1.82) is 0 Å². The Morgan fingerprint density at radius 3 is 2.52 bits per heavy atom. The second kappa shape index (κ2) is 7.14. The van der Waals surface area contributed by atoms with E-state index in [0.29, 0.717) is 17.0 Å². The molecule has 1 heterocycles. The first-order chi connectivity index (χ1) is 12.8. The van der Waals surface area contributed by atoms with E-state index < -0.39 is 35.4 Å². The standard InChI is InChI=1S/C19H14F3NO4/c1-9-12-4-3-5-13(21)17(12)27-16(9)19(25)26-10(2)18(24)23-15-7-6-11(20)8-14(15)22/h3-8,10H,1-2H3,(H,23,24)/t10-/m1/s1. The molecule has 0 radical (unpaired) electrons.